The Labute approximate surface area is 131 Å². The lowest BCUT2D eigenvalue weighted by Crippen LogP contribution is -2.45. The van der Waals surface area contributed by atoms with E-state index in [0.29, 0.717) is 4.90 Å². The van der Waals surface area contributed by atoms with Gasteiger partial charge in [0.05, 0.1) is 6.04 Å². The molecule has 0 spiro atoms. The number of likely N-dealkylation sites (N-methyl/N-ethyl adjacent to an activating group) is 1. The van der Waals surface area contributed by atoms with Gasteiger partial charge in [-0.2, -0.15) is 13.2 Å². The van der Waals surface area contributed by atoms with E-state index in [1.165, 1.54) is 6.92 Å². The molecule has 0 aliphatic carbocycles. The van der Waals surface area contributed by atoms with Gasteiger partial charge in [-0.1, -0.05) is 30.3 Å². The van der Waals surface area contributed by atoms with Crippen LogP contribution in [0.25, 0.3) is 0 Å². The molecule has 0 unspecified atom stereocenters. The van der Waals surface area contributed by atoms with Crippen LogP contribution in [0.2, 0.25) is 0 Å². The van der Waals surface area contributed by atoms with E-state index in [4.69, 9.17) is 4.74 Å². The second-order valence-corrected chi connectivity index (χ2v) is 5.15. The normalized spacial score (nSPS) is 18.0. The Morgan fingerprint density at radius 2 is 2.00 bits per heavy atom. The first-order valence-corrected chi connectivity index (χ1v) is 7.14. The maximum Gasteiger partial charge on any atom is 0.410 e. The zero-order valence-electron chi connectivity index (χ0n) is 12.5. The number of carbonyl (C=O) groups is 2. The number of halogens is 3. The SMILES string of the molecule is CCN(CC(F)(F)F)C(=O)CN1C(=O)OC[C@@H]1c1ccccc1. The number of nitrogens with zero attached hydrogens (tertiary/aromatic N) is 2. The number of cyclic esters (lactones) is 1. The summed E-state index contributed by atoms with van der Waals surface area (Å²) in [5, 5.41) is 0. The molecule has 1 aromatic carbocycles. The zero-order valence-corrected chi connectivity index (χ0v) is 12.5. The van der Waals surface area contributed by atoms with E-state index in [1.54, 1.807) is 30.3 Å². The molecule has 1 heterocycles. The molecule has 1 aromatic rings. The van der Waals surface area contributed by atoms with Gasteiger partial charge >= 0.3 is 12.3 Å². The molecule has 5 nitrogen and oxygen atoms in total. The van der Waals surface area contributed by atoms with E-state index in [2.05, 4.69) is 0 Å². The number of hydrogen-bond donors (Lipinski definition) is 0. The summed E-state index contributed by atoms with van der Waals surface area (Å²) in [6, 6.07) is 8.44. The fourth-order valence-electron chi connectivity index (χ4n) is 2.41. The van der Waals surface area contributed by atoms with Gasteiger partial charge in [0.1, 0.15) is 19.7 Å². The van der Waals surface area contributed by atoms with Crippen LogP contribution in [0, 0.1) is 0 Å². The van der Waals surface area contributed by atoms with Crippen molar-refractivity contribution >= 4 is 12.0 Å². The summed E-state index contributed by atoms with van der Waals surface area (Å²) in [6.45, 7) is -0.330. The topological polar surface area (TPSA) is 49.9 Å². The fraction of sp³-hybridized carbons (Fsp3) is 0.467. The first kappa shape index (κ1) is 17.1. The van der Waals surface area contributed by atoms with Gasteiger partial charge in [0, 0.05) is 6.54 Å². The lowest BCUT2D eigenvalue weighted by atomic mass is 10.1. The van der Waals surface area contributed by atoms with E-state index in [-0.39, 0.29) is 13.2 Å². The molecule has 1 atom stereocenters. The summed E-state index contributed by atoms with van der Waals surface area (Å²) < 4.78 is 42.4. The van der Waals surface area contributed by atoms with Crippen LogP contribution in [0.1, 0.15) is 18.5 Å². The predicted octanol–water partition coefficient (Wildman–Crippen LogP) is 2.59. The average molecular weight is 330 g/mol. The van der Waals surface area contributed by atoms with Gasteiger partial charge in [0.25, 0.3) is 0 Å². The number of alkyl halides is 3. The molecule has 0 bridgehead atoms. The molecule has 126 valence electrons. The summed E-state index contributed by atoms with van der Waals surface area (Å²) >= 11 is 0. The van der Waals surface area contributed by atoms with E-state index in [0.717, 1.165) is 10.5 Å². The lowest BCUT2D eigenvalue weighted by molar-refractivity contribution is -0.161. The highest BCUT2D eigenvalue weighted by atomic mass is 19.4. The van der Waals surface area contributed by atoms with Crippen LogP contribution in [0.3, 0.4) is 0 Å². The fourth-order valence-corrected chi connectivity index (χ4v) is 2.41. The molecule has 23 heavy (non-hydrogen) atoms. The molecule has 1 fully saturated rings. The third kappa shape index (κ3) is 4.37. The minimum Gasteiger partial charge on any atom is -0.447 e. The van der Waals surface area contributed by atoms with Gasteiger partial charge in [-0.25, -0.2) is 4.79 Å². The number of amides is 2. The highest BCUT2D eigenvalue weighted by Crippen LogP contribution is 2.27. The van der Waals surface area contributed by atoms with Crippen molar-refractivity contribution in [1.29, 1.82) is 0 Å². The van der Waals surface area contributed by atoms with Crippen molar-refractivity contribution < 1.29 is 27.5 Å². The van der Waals surface area contributed by atoms with E-state index < -0.39 is 37.3 Å². The highest BCUT2D eigenvalue weighted by molar-refractivity contribution is 5.83. The number of rotatable bonds is 5. The third-order valence-electron chi connectivity index (χ3n) is 3.57. The van der Waals surface area contributed by atoms with Crippen molar-refractivity contribution in [3.05, 3.63) is 35.9 Å². The molecular formula is C15H17F3N2O3. The highest BCUT2D eigenvalue weighted by Gasteiger charge is 2.38. The minimum absolute atomic E-state index is 0.0710. The smallest absolute Gasteiger partial charge is 0.410 e. The molecule has 0 radical (unpaired) electrons. The molecule has 2 rings (SSSR count). The molecule has 0 saturated carbocycles. The quantitative estimate of drug-likeness (QED) is 0.834. The first-order chi connectivity index (χ1) is 10.8. The third-order valence-corrected chi connectivity index (χ3v) is 3.57. The van der Waals surface area contributed by atoms with E-state index in [1.807, 2.05) is 0 Å². The molecule has 1 aliphatic heterocycles. The van der Waals surface area contributed by atoms with Crippen molar-refractivity contribution in [3.8, 4) is 0 Å². The largest absolute Gasteiger partial charge is 0.447 e. The summed E-state index contributed by atoms with van der Waals surface area (Å²) in [5.41, 5.74) is 0.769. The van der Waals surface area contributed by atoms with Crippen molar-refractivity contribution in [2.45, 2.75) is 19.1 Å². The van der Waals surface area contributed by atoms with Crippen LogP contribution in [0.5, 0.6) is 0 Å². The van der Waals surface area contributed by atoms with Crippen molar-refractivity contribution in [3.63, 3.8) is 0 Å². The Morgan fingerprint density at radius 3 is 2.57 bits per heavy atom. The van der Waals surface area contributed by atoms with Crippen molar-refractivity contribution in [2.75, 3.05) is 26.2 Å². The van der Waals surface area contributed by atoms with Gasteiger partial charge in [0.15, 0.2) is 0 Å². The summed E-state index contributed by atoms with van der Waals surface area (Å²) in [7, 11) is 0. The zero-order chi connectivity index (χ0) is 17.0. The molecule has 0 aromatic heterocycles. The minimum atomic E-state index is -4.48. The van der Waals surface area contributed by atoms with E-state index in [9.17, 15) is 22.8 Å². The van der Waals surface area contributed by atoms with Gasteiger partial charge in [-0.3, -0.25) is 9.69 Å². The van der Waals surface area contributed by atoms with Crippen LogP contribution in [-0.4, -0.2) is 54.2 Å². The van der Waals surface area contributed by atoms with E-state index >= 15 is 0 Å². The van der Waals surface area contributed by atoms with Gasteiger partial charge in [-0.05, 0) is 12.5 Å². The number of carbonyl (C=O) groups excluding carboxylic acids is 2. The van der Waals surface area contributed by atoms with Crippen molar-refractivity contribution in [1.82, 2.24) is 9.80 Å². The molecule has 8 heteroatoms. The summed E-state index contributed by atoms with van der Waals surface area (Å²) in [5.74, 6) is -0.760. The first-order valence-electron chi connectivity index (χ1n) is 7.14. The molecule has 0 N–H and O–H groups in total. The second kappa shape index (κ2) is 6.89. The molecule has 1 saturated heterocycles. The summed E-state index contributed by atoms with van der Waals surface area (Å²) in [6.07, 6.45) is -5.17. The summed E-state index contributed by atoms with van der Waals surface area (Å²) in [4.78, 5) is 25.7. The number of benzene rings is 1. The predicted molar refractivity (Wildman–Crippen MR) is 75.5 cm³/mol. The number of ether oxygens (including phenoxy) is 1. The Kier molecular flexibility index (Phi) is 5.12. The van der Waals surface area contributed by atoms with Crippen LogP contribution >= 0.6 is 0 Å². The van der Waals surface area contributed by atoms with Crippen molar-refractivity contribution in [2.24, 2.45) is 0 Å². The molecular weight excluding hydrogens is 313 g/mol. The van der Waals surface area contributed by atoms with Gasteiger partial charge in [0.2, 0.25) is 5.91 Å². The Balaban J connectivity index is 2.09. The Morgan fingerprint density at radius 1 is 1.35 bits per heavy atom. The maximum atomic E-state index is 12.5. The average Bonchev–Trinajstić information content (AvgIpc) is 2.86. The van der Waals surface area contributed by atoms with Crippen LogP contribution in [0.4, 0.5) is 18.0 Å². The molecule has 2 amide bonds. The lowest BCUT2D eigenvalue weighted by Gasteiger charge is -2.26. The second-order valence-electron chi connectivity index (χ2n) is 5.15. The van der Waals surface area contributed by atoms with Crippen LogP contribution < -0.4 is 0 Å². The molecule has 1 aliphatic rings. The monoisotopic (exact) mass is 330 g/mol. The Bertz CT molecular complexity index is 563. The van der Waals surface area contributed by atoms with Gasteiger partial charge < -0.3 is 9.64 Å². The maximum absolute atomic E-state index is 12.5. The standard InChI is InChI=1S/C15H17F3N2O3/c1-2-19(10-15(16,17)18)13(21)8-20-12(9-23-14(20)22)11-6-4-3-5-7-11/h3-7,12H,2,8-10H2,1H3/t12-/m1/s1. The van der Waals surface area contributed by atoms with Gasteiger partial charge in [-0.15, -0.1) is 0 Å². The number of hydrogen-bond acceptors (Lipinski definition) is 3. The van der Waals surface area contributed by atoms with Crippen LogP contribution in [-0.2, 0) is 9.53 Å². The van der Waals surface area contributed by atoms with Crippen LogP contribution in [0.15, 0.2) is 30.3 Å². The Hall–Kier alpha value is -2.25.